The van der Waals surface area contributed by atoms with Gasteiger partial charge in [-0.05, 0) is 25.8 Å². The van der Waals surface area contributed by atoms with Gasteiger partial charge in [0, 0.05) is 38.3 Å². The number of hydrogen-bond donors (Lipinski definition) is 1. The quantitative estimate of drug-likeness (QED) is 0.731. The molecule has 0 radical (unpaired) electrons. The zero-order valence-corrected chi connectivity index (χ0v) is 14.0. The molecular weight excluding hydrogens is 262 g/mol. The predicted octanol–water partition coefficient (Wildman–Crippen LogP) is 2.08. The zero-order valence-electron chi connectivity index (χ0n) is 14.0. The number of morpholine rings is 1. The van der Waals surface area contributed by atoms with E-state index >= 15 is 0 Å². The third kappa shape index (κ3) is 4.92. The molecule has 4 heteroatoms. The molecule has 124 valence electrons. The van der Waals surface area contributed by atoms with E-state index in [1.165, 1.54) is 64.6 Å². The smallest absolute Gasteiger partial charge is 0.0594 e. The highest BCUT2D eigenvalue weighted by Gasteiger charge is 2.35. The summed E-state index contributed by atoms with van der Waals surface area (Å²) in [6.45, 7) is 10.6. The molecule has 0 atom stereocenters. The van der Waals surface area contributed by atoms with Gasteiger partial charge in [0.25, 0.3) is 0 Å². The zero-order chi connectivity index (χ0) is 15.0. The van der Waals surface area contributed by atoms with Crippen LogP contribution in [0, 0.1) is 0 Å². The number of ether oxygens (including phenoxy) is 1. The number of nitrogens with two attached hydrogens (primary N) is 1. The fourth-order valence-electron chi connectivity index (χ4n) is 3.98. The molecule has 2 N–H and O–H groups in total. The molecule has 1 aliphatic heterocycles. The van der Waals surface area contributed by atoms with E-state index in [1.54, 1.807) is 0 Å². The van der Waals surface area contributed by atoms with E-state index in [0.717, 1.165) is 32.8 Å². The minimum absolute atomic E-state index is 0.277. The number of rotatable bonds is 7. The minimum Gasteiger partial charge on any atom is -0.379 e. The molecule has 1 saturated heterocycles. The molecule has 0 unspecified atom stereocenters. The maximum Gasteiger partial charge on any atom is 0.0594 e. The fraction of sp³-hybridized carbons (Fsp3) is 1.00. The van der Waals surface area contributed by atoms with Gasteiger partial charge in [0.1, 0.15) is 0 Å². The highest BCUT2D eigenvalue weighted by molar-refractivity contribution is 4.93. The normalized spacial score (nSPS) is 24.1. The largest absolute Gasteiger partial charge is 0.379 e. The lowest BCUT2D eigenvalue weighted by molar-refractivity contribution is 0.0185. The number of nitrogens with zero attached hydrogens (tertiary/aromatic N) is 2. The molecule has 1 aliphatic carbocycles. The van der Waals surface area contributed by atoms with Crippen molar-refractivity contribution < 1.29 is 4.74 Å². The SMILES string of the molecule is CCCN(CCN1CCOCC1)C1(CN)CCCCCC1. The summed E-state index contributed by atoms with van der Waals surface area (Å²) in [6.07, 6.45) is 9.32. The van der Waals surface area contributed by atoms with Crippen molar-refractivity contribution in [2.75, 3.05) is 52.5 Å². The van der Waals surface area contributed by atoms with Crippen LogP contribution in [0.15, 0.2) is 0 Å². The molecule has 1 saturated carbocycles. The van der Waals surface area contributed by atoms with Crippen molar-refractivity contribution in [2.45, 2.75) is 57.4 Å². The van der Waals surface area contributed by atoms with E-state index in [4.69, 9.17) is 10.5 Å². The lowest BCUT2D eigenvalue weighted by Gasteiger charge is -2.44. The Hall–Kier alpha value is -0.160. The third-order valence-electron chi connectivity index (χ3n) is 5.37. The average Bonchev–Trinajstić information content (AvgIpc) is 2.79. The first kappa shape index (κ1) is 17.2. The van der Waals surface area contributed by atoms with Gasteiger partial charge in [-0.1, -0.05) is 32.6 Å². The van der Waals surface area contributed by atoms with Crippen molar-refractivity contribution in [1.82, 2.24) is 9.80 Å². The van der Waals surface area contributed by atoms with Crippen LogP contribution in [0.25, 0.3) is 0 Å². The topological polar surface area (TPSA) is 41.7 Å². The second-order valence-corrected chi connectivity index (χ2v) is 6.78. The van der Waals surface area contributed by atoms with Gasteiger partial charge < -0.3 is 10.5 Å². The summed E-state index contributed by atoms with van der Waals surface area (Å²) in [5.74, 6) is 0. The Balaban J connectivity index is 1.93. The second kappa shape index (κ2) is 9.09. The Morgan fingerprint density at radius 3 is 2.29 bits per heavy atom. The molecule has 0 bridgehead atoms. The van der Waals surface area contributed by atoms with Gasteiger partial charge in [0.15, 0.2) is 0 Å². The number of hydrogen-bond acceptors (Lipinski definition) is 4. The first-order valence-electron chi connectivity index (χ1n) is 9.06. The maximum atomic E-state index is 6.27. The standard InChI is InChI=1S/C17H35N3O/c1-2-9-20(11-10-19-12-14-21-15-13-19)17(16-18)7-5-3-4-6-8-17/h2-16,18H2,1H3. The summed E-state index contributed by atoms with van der Waals surface area (Å²) in [5.41, 5.74) is 6.55. The Kier molecular flexibility index (Phi) is 7.44. The van der Waals surface area contributed by atoms with Crippen molar-refractivity contribution in [2.24, 2.45) is 5.73 Å². The van der Waals surface area contributed by atoms with Crippen LogP contribution in [0.3, 0.4) is 0 Å². The predicted molar refractivity (Wildman–Crippen MR) is 88.6 cm³/mol. The summed E-state index contributed by atoms with van der Waals surface area (Å²) in [6, 6.07) is 0. The lowest BCUT2D eigenvalue weighted by atomic mass is 9.87. The highest BCUT2D eigenvalue weighted by Crippen LogP contribution is 2.32. The van der Waals surface area contributed by atoms with Gasteiger partial charge in [0.05, 0.1) is 13.2 Å². The summed E-state index contributed by atoms with van der Waals surface area (Å²) in [5, 5.41) is 0. The van der Waals surface area contributed by atoms with Crippen LogP contribution in [0.4, 0.5) is 0 Å². The van der Waals surface area contributed by atoms with Crippen LogP contribution in [0.2, 0.25) is 0 Å². The summed E-state index contributed by atoms with van der Waals surface area (Å²) in [7, 11) is 0. The Bertz CT molecular complexity index is 271. The van der Waals surface area contributed by atoms with Gasteiger partial charge in [-0.3, -0.25) is 9.80 Å². The summed E-state index contributed by atoms with van der Waals surface area (Å²) in [4.78, 5) is 5.28. The molecule has 0 spiro atoms. The fourth-order valence-corrected chi connectivity index (χ4v) is 3.98. The van der Waals surface area contributed by atoms with Crippen molar-refractivity contribution >= 4 is 0 Å². The molecule has 4 nitrogen and oxygen atoms in total. The van der Waals surface area contributed by atoms with Crippen LogP contribution >= 0.6 is 0 Å². The van der Waals surface area contributed by atoms with E-state index < -0.39 is 0 Å². The van der Waals surface area contributed by atoms with Gasteiger partial charge in [0.2, 0.25) is 0 Å². The molecule has 21 heavy (non-hydrogen) atoms. The van der Waals surface area contributed by atoms with Crippen LogP contribution in [-0.4, -0.2) is 67.8 Å². The molecule has 1 heterocycles. The molecule has 0 aromatic rings. The molecule has 2 rings (SSSR count). The molecule has 2 aliphatic rings. The second-order valence-electron chi connectivity index (χ2n) is 6.78. The van der Waals surface area contributed by atoms with Gasteiger partial charge in [-0.25, -0.2) is 0 Å². The van der Waals surface area contributed by atoms with E-state index in [-0.39, 0.29) is 5.54 Å². The maximum absolute atomic E-state index is 6.27. The van der Waals surface area contributed by atoms with Gasteiger partial charge in [-0.2, -0.15) is 0 Å². The van der Waals surface area contributed by atoms with E-state index in [2.05, 4.69) is 16.7 Å². The molecule has 2 fully saturated rings. The van der Waals surface area contributed by atoms with Crippen LogP contribution in [0.5, 0.6) is 0 Å². The first-order chi connectivity index (χ1) is 10.3. The van der Waals surface area contributed by atoms with E-state index in [0.29, 0.717) is 0 Å². The van der Waals surface area contributed by atoms with Crippen molar-refractivity contribution in [3.8, 4) is 0 Å². The Morgan fingerprint density at radius 1 is 1.05 bits per heavy atom. The van der Waals surface area contributed by atoms with Crippen LogP contribution in [0.1, 0.15) is 51.9 Å². The Morgan fingerprint density at radius 2 is 1.71 bits per heavy atom. The van der Waals surface area contributed by atoms with Crippen molar-refractivity contribution in [1.29, 1.82) is 0 Å². The van der Waals surface area contributed by atoms with Crippen molar-refractivity contribution in [3.63, 3.8) is 0 Å². The molecule has 0 amide bonds. The van der Waals surface area contributed by atoms with E-state index in [9.17, 15) is 0 Å². The average molecular weight is 297 g/mol. The van der Waals surface area contributed by atoms with Crippen LogP contribution in [-0.2, 0) is 4.74 Å². The Labute approximate surface area is 131 Å². The lowest BCUT2D eigenvalue weighted by Crippen LogP contribution is -2.56. The minimum atomic E-state index is 0.277. The monoisotopic (exact) mass is 297 g/mol. The molecular formula is C17H35N3O. The highest BCUT2D eigenvalue weighted by atomic mass is 16.5. The molecule has 0 aromatic carbocycles. The van der Waals surface area contributed by atoms with Crippen molar-refractivity contribution in [3.05, 3.63) is 0 Å². The van der Waals surface area contributed by atoms with Gasteiger partial charge in [-0.15, -0.1) is 0 Å². The van der Waals surface area contributed by atoms with Crippen LogP contribution < -0.4 is 5.73 Å². The van der Waals surface area contributed by atoms with E-state index in [1.807, 2.05) is 0 Å². The third-order valence-corrected chi connectivity index (χ3v) is 5.37. The summed E-state index contributed by atoms with van der Waals surface area (Å²) >= 11 is 0. The molecule has 0 aromatic heterocycles. The first-order valence-corrected chi connectivity index (χ1v) is 9.06. The van der Waals surface area contributed by atoms with Gasteiger partial charge >= 0.3 is 0 Å². The summed E-state index contributed by atoms with van der Waals surface area (Å²) < 4.78 is 5.45.